The summed E-state index contributed by atoms with van der Waals surface area (Å²) in [6.07, 6.45) is -0.634. The van der Waals surface area contributed by atoms with Gasteiger partial charge in [0, 0.05) is 11.6 Å². The number of hydrogen-bond donors (Lipinski definition) is 2. The number of aromatic nitrogens is 2. The molecule has 0 aliphatic heterocycles. The van der Waals surface area contributed by atoms with Crippen LogP contribution in [-0.4, -0.2) is 21.6 Å². The summed E-state index contributed by atoms with van der Waals surface area (Å²) in [6, 6.07) is 14.9. The van der Waals surface area contributed by atoms with Crippen molar-refractivity contribution >= 4 is 28.5 Å². The molecule has 0 aliphatic rings. The number of aliphatic hydroxyl groups excluding tert-OH is 1. The van der Waals surface area contributed by atoms with Crippen molar-refractivity contribution < 1.29 is 5.11 Å². The number of nitrogens with one attached hydrogen (secondary N) is 1. The van der Waals surface area contributed by atoms with Gasteiger partial charge in [0.2, 0.25) is 0 Å². The van der Waals surface area contributed by atoms with Crippen LogP contribution < -0.4 is 5.32 Å². The lowest BCUT2D eigenvalue weighted by atomic mass is 10.1. The Morgan fingerprint density at radius 1 is 1.05 bits per heavy atom. The van der Waals surface area contributed by atoms with E-state index < -0.39 is 6.10 Å². The summed E-state index contributed by atoms with van der Waals surface area (Å²) in [5.41, 5.74) is 3.31. The molecule has 1 unspecified atom stereocenters. The van der Waals surface area contributed by atoms with Crippen LogP contribution in [0.15, 0.2) is 48.5 Å². The Balaban J connectivity index is 1.75. The fourth-order valence-corrected chi connectivity index (χ4v) is 2.38. The van der Waals surface area contributed by atoms with E-state index in [4.69, 9.17) is 11.6 Å². The number of nitrogens with zero attached hydrogens (tertiary/aromatic N) is 2. The predicted octanol–water partition coefficient (Wildman–Crippen LogP) is 3.74. The highest BCUT2D eigenvalue weighted by atomic mass is 35.5. The first-order valence-electron chi connectivity index (χ1n) is 7.04. The van der Waals surface area contributed by atoms with Gasteiger partial charge < -0.3 is 10.4 Å². The second kappa shape index (κ2) is 6.30. The number of anilines is 1. The Labute approximate surface area is 133 Å². The minimum Gasteiger partial charge on any atom is -0.387 e. The van der Waals surface area contributed by atoms with E-state index in [1.165, 1.54) is 0 Å². The van der Waals surface area contributed by atoms with Crippen LogP contribution in [0.4, 0.5) is 5.82 Å². The highest BCUT2D eigenvalue weighted by molar-refractivity contribution is 6.30. The van der Waals surface area contributed by atoms with Crippen molar-refractivity contribution in [3.8, 4) is 0 Å². The van der Waals surface area contributed by atoms with Gasteiger partial charge >= 0.3 is 0 Å². The van der Waals surface area contributed by atoms with E-state index in [1.807, 2.05) is 43.3 Å². The zero-order valence-electron chi connectivity index (χ0n) is 12.1. The van der Waals surface area contributed by atoms with Crippen LogP contribution in [-0.2, 0) is 0 Å². The lowest BCUT2D eigenvalue weighted by molar-refractivity contribution is 0.191. The molecule has 0 aliphatic carbocycles. The summed E-state index contributed by atoms with van der Waals surface area (Å²) >= 11 is 5.85. The van der Waals surface area contributed by atoms with Gasteiger partial charge in [-0.1, -0.05) is 35.9 Å². The average molecular weight is 314 g/mol. The summed E-state index contributed by atoms with van der Waals surface area (Å²) in [6.45, 7) is 2.26. The maximum Gasteiger partial charge on any atom is 0.148 e. The standard InChI is InChI=1S/C17H16ClN3O/c1-11-17(21-15-5-3-2-4-14(15)20-11)19-10-16(22)12-6-8-13(18)9-7-12/h2-9,16,22H,10H2,1H3,(H,19,21). The summed E-state index contributed by atoms with van der Waals surface area (Å²) in [4.78, 5) is 9.06. The first kappa shape index (κ1) is 14.8. The Hall–Kier alpha value is -2.17. The fourth-order valence-electron chi connectivity index (χ4n) is 2.25. The van der Waals surface area contributed by atoms with Crippen molar-refractivity contribution in [2.24, 2.45) is 0 Å². The lowest BCUT2D eigenvalue weighted by Crippen LogP contribution is -2.14. The first-order valence-corrected chi connectivity index (χ1v) is 7.42. The maximum atomic E-state index is 10.2. The molecule has 1 heterocycles. The van der Waals surface area contributed by atoms with E-state index in [2.05, 4.69) is 15.3 Å². The molecule has 0 radical (unpaired) electrons. The number of fused-ring (bicyclic) bond motifs is 1. The number of benzene rings is 2. The topological polar surface area (TPSA) is 58.0 Å². The molecule has 2 N–H and O–H groups in total. The quantitative estimate of drug-likeness (QED) is 0.770. The third kappa shape index (κ3) is 3.18. The minimum absolute atomic E-state index is 0.357. The van der Waals surface area contributed by atoms with Crippen molar-refractivity contribution in [1.82, 2.24) is 9.97 Å². The van der Waals surface area contributed by atoms with Crippen LogP contribution in [0, 0.1) is 6.92 Å². The van der Waals surface area contributed by atoms with E-state index in [1.54, 1.807) is 12.1 Å². The van der Waals surface area contributed by atoms with Crippen LogP contribution in [0.5, 0.6) is 0 Å². The number of para-hydroxylation sites is 2. The van der Waals surface area contributed by atoms with Crippen molar-refractivity contribution in [3.63, 3.8) is 0 Å². The summed E-state index contributed by atoms with van der Waals surface area (Å²) in [5.74, 6) is 0.687. The number of rotatable bonds is 4. The maximum absolute atomic E-state index is 10.2. The van der Waals surface area contributed by atoms with E-state index in [-0.39, 0.29) is 0 Å². The molecular formula is C17H16ClN3O. The largest absolute Gasteiger partial charge is 0.387 e. The Kier molecular flexibility index (Phi) is 4.22. The summed E-state index contributed by atoms with van der Waals surface area (Å²) in [5, 5.41) is 14.0. The molecule has 0 saturated heterocycles. The fraction of sp³-hybridized carbons (Fsp3) is 0.176. The van der Waals surface area contributed by atoms with E-state index >= 15 is 0 Å². The van der Waals surface area contributed by atoms with Gasteiger partial charge in [-0.2, -0.15) is 0 Å². The van der Waals surface area contributed by atoms with Crippen molar-refractivity contribution in [1.29, 1.82) is 0 Å². The van der Waals surface area contributed by atoms with Gasteiger partial charge in [0.1, 0.15) is 5.82 Å². The lowest BCUT2D eigenvalue weighted by Gasteiger charge is -2.14. The molecule has 0 saturated carbocycles. The van der Waals surface area contributed by atoms with Crippen molar-refractivity contribution in [2.75, 3.05) is 11.9 Å². The highest BCUT2D eigenvalue weighted by Gasteiger charge is 2.10. The third-order valence-corrected chi connectivity index (χ3v) is 3.71. The van der Waals surface area contributed by atoms with Gasteiger partial charge in [-0.05, 0) is 36.8 Å². The molecule has 0 bridgehead atoms. The molecule has 5 heteroatoms. The Bertz CT molecular complexity index is 790. The molecule has 0 spiro atoms. The van der Waals surface area contributed by atoms with Gasteiger partial charge in [-0.3, -0.25) is 0 Å². The van der Waals surface area contributed by atoms with Gasteiger partial charge in [0.15, 0.2) is 0 Å². The predicted molar refractivity (Wildman–Crippen MR) is 89.2 cm³/mol. The Morgan fingerprint density at radius 2 is 1.68 bits per heavy atom. The van der Waals surface area contributed by atoms with Crippen LogP contribution in [0.3, 0.4) is 0 Å². The van der Waals surface area contributed by atoms with Gasteiger partial charge in [-0.15, -0.1) is 0 Å². The zero-order chi connectivity index (χ0) is 15.5. The monoisotopic (exact) mass is 313 g/mol. The number of aryl methyl sites for hydroxylation is 1. The molecule has 22 heavy (non-hydrogen) atoms. The van der Waals surface area contributed by atoms with Gasteiger partial charge in [0.25, 0.3) is 0 Å². The first-order chi connectivity index (χ1) is 10.6. The van der Waals surface area contributed by atoms with Crippen LogP contribution in [0.1, 0.15) is 17.4 Å². The number of halogens is 1. The molecule has 3 rings (SSSR count). The van der Waals surface area contributed by atoms with Crippen LogP contribution in [0.25, 0.3) is 11.0 Å². The molecule has 4 nitrogen and oxygen atoms in total. The van der Waals surface area contributed by atoms with E-state index in [0.717, 1.165) is 22.3 Å². The van der Waals surface area contributed by atoms with Gasteiger partial charge in [0.05, 0.1) is 22.8 Å². The van der Waals surface area contributed by atoms with Crippen molar-refractivity contribution in [2.45, 2.75) is 13.0 Å². The molecule has 2 aromatic carbocycles. The highest BCUT2D eigenvalue weighted by Crippen LogP contribution is 2.19. The number of hydrogen-bond acceptors (Lipinski definition) is 4. The summed E-state index contributed by atoms with van der Waals surface area (Å²) < 4.78 is 0. The third-order valence-electron chi connectivity index (χ3n) is 3.46. The molecule has 1 atom stereocenters. The number of aliphatic hydroxyl groups is 1. The second-order valence-corrected chi connectivity index (χ2v) is 5.53. The molecular weight excluding hydrogens is 298 g/mol. The van der Waals surface area contributed by atoms with Crippen molar-refractivity contribution in [3.05, 3.63) is 64.8 Å². The van der Waals surface area contributed by atoms with Crippen LogP contribution >= 0.6 is 11.6 Å². The molecule has 0 fully saturated rings. The van der Waals surface area contributed by atoms with Gasteiger partial charge in [-0.25, -0.2) is 9.97 Å². The smallest absolute Gasteiger partial charge is 0.148 e. The molecule has 3 aromatic rings. The zero-order valence-corrected chi connectivity index (χ0v) is 12.9. The second-order valence-electron chi connectivity index (χ2n) is 5.09. The SMILES string of the molecule is Cc1nc2ccccc2nc1NCC(O)c1ccc(Cl)cc1. The van der Waals surface area contributed by atoms with E-state index in [9.17, 15) is 5.11 Å². The van der Waals surface area contributed by atoms with E-state index in [0.29, 0.717) is 17.4 Å². The van der Waals surface area contributed by atoms with Crippen LogP contribution in [0.2, 0.25) is 5.02 Å². The Morgan fingerprint density at radius 3 is 2.36 bits per heavy atom. The molecule has 112 valence electrons. The summed E-state index contributed by atoms with van der Waals surface area (Å²) in [7, 11) is 0. The average Bonchev–Trinajstić information content (AvgIpc) is 2.53. The minimum atomic E-state index is -0.634. The molecule has 1 aromatic heterocycles. The molecule has 0 amide bonds. The normalized spacial score (nSPS) is 12.3.